The minimum Gasteiger partial charge on any atom is -0.316 e. The smallest absolute Gasteiger partial charge is 0.0598 e. The van der Waals surface area contributed by atoms with Crippen LogP contribution in [0.15, 0.2) is 21.7 Å². The summed E-state index contributed by atoms with van der Waals surface area (Å²) in [5.74, 6) is 1.17. The molecule has 0 saturated carbocycles. The quantitative estimate of drug-likeness (QED) is 0.558. The number of hydrogen-bond acceptors (Lipinski definition) is 4. The highest BCUT2D eigenvalue weighted by Crippen LogP contribution is 2.22. The van der Waals surface area contributed by atoms with E-state index in [0.717, 1.165) is 13.1 Å². The zero-order valence-corrected chi connectivity index (χ0v) is 11.2. The van der Waals surface area contributed by atoms with Gasteiger partial charge in [-0.3, -0.25) is 0 Å². The average Bonchev–Trinajstić information content (AvgIpc) is 2.68. The summed E-state index contributed by atoms with van der Waals surface area (Å²) in [5.41, 5.74) is 0. The fourth-order valence-corrected chi connectivity index (χ4v) is 2.97. The van der Waals surface area contributed by atoms with Gasteiger partial charge in [0, 0.05) is 12.3 Å². The first-order valence-corrected chi connectivity index (χ1v) is 7.17. The van der Waals surface area contributed by atoms with E-state index in [-0.39, 0.29) is 0 Å². The summed E-state index contributed by atoms with van der Waals surface area (Å²) in [5, 5.41) is 5.59. The van der Waals surface area contributed by atoms with Crippen LogP contribution >= 0.6 is 23.1 Å². The van der Waals surface area contributed by atoms with Gasteiger partial charge >= 0.3 is 0 Å². The highest BCUT2D eigenvalue weighted by atomic mass is 32.2. The molecule has 0 atom stereocenters. The third kappa shape index (κ3) is 6.95. The van der Waals surface area contributed by atoms with Crippen LogP contribution in [-0.2, 0) is 0 Å². The molecule has 2 nitrogen and oxygen atoms in total. The molecule has 0 saturated heterocycles. The predicted octanol–water partition coefficient (Wildman–Crippen LogP) is 2.38. The molecule has 0 aliphatic heterocycles. The first-order chi connectivity index (χ1) is 7.29. The summed E-state index contributed by atoms with van der Waals surface area (Å²) >= 11 is 3.76. The molecule has 0 aromatic carbocycles. The second kappa shape index (κ2) is 8.16. The molecule has 1 heterocycles. The van der Waals surface area contributed by atoms with Crippen LogP contribution in [0.3, 0.4) is 0 Å². The number of nitrogens with zero attached hydrogens (tertiary/aromatic N) is 1. The van der Waals surface area contributed by atoms with Crippen molar-refractivity contribution in [3.8, 4) is 0 Å². The van der Waals surface area contributed by atoms with Crippen molar-refractivity contribution in [2.45, 2.75) is 10.6 Å². The van der Waals surface area contributed by atoms with Crippen molar-refractivity contribution >= 4 is 23.1 Å². The van der Waals surface area contributed by atoms with E-state index in [0.29, 0.717) is 0 Å². The van der Waals surface area contributed by atoms with E-state index < -0.39 is 0 Å². The molecular formula is C11H20N2S2. The molecule has 15 heavy (non-hydrogen) atoms. The Bertz CT molecular complexity index is 235. The number of rotatable bonds is 8. The van der Waals surface area contributed by atoms with E-state index in [1.807, 2.05) is 23.1 Å². The van der Waals surface area contributed by atoms with E-state index in [1.165, 1.54) is 22.9 Å². The van der Waals surface area contributed by atoms with Gasteiger partial charge in [0.05, 0.1) is 4.21 Å². The van der Waals surface area contributed by atoms with Crippen molar-refractivity contribution in [2.24, 2.45) is 0 Å². The van der Waals surface area contributed by atoms with Crippen molar-refractivity contribution < 1.29 is 0 Å². The highest BCUT2D eigenvalue weighted by molar-refractivity contribution is 8.01. The Morgan fingerprint density at radius 2 is 2.27 bits per heavy atom. The maximum atomic E-state index is 3.46. The van der Waals surface area contributed by atoms with E-state index in [1.54, 1.807) is 0 Å². The molecule has 0 aliphatic carbocycles. The van der Waals surface area contributed by atoms with E-state index in [4.69, 9.17) is 0 Å². The Labute approximate surface area is 101 Å². The standard InChI is InChI=1S/C11H20N2S2/c1-13(2)8-4-6-12-7-10-15-11-5-3-9-14-11/h3,5,9,12H,4,6-8,10H2,1-2H3. The van der Waals surface area contributed by atoms with Gasteiger partial charge in [0.15, 0.2) is 0 Å². The van der Waals surface area contributed by atoms with Gasteiger partial charge in [0.25, 0.3) is 0 Å². The molecule has 1 rings (SSSR count). The Morgan fingerprint density at radius 1 is 1.40 bits per heavy atom. The first-order valence-electron chi connectivity index (χ1n) is 5.31. The Balaban J connectivity index is 1.85. The van der Waals surface area contributed by atoms with Crippen LogP contribution < -0.4 is 5.32 Å². The fourth-order valence-electron chi connectivity index (χ4n) is 1.21. The number of nitrogens with one attached hydrogen (secondary N) is 1. The second-order valence-electron chi connectivity index (χ2n) is 3.69. The molecule has 0 radical (unpaired) electrons. The zero-order valence-electron chi connectivity index (χ0n) is 9.53. The Kier molecular flexibility index (Phi) is 7.09. The van der Waals surface area contributed by atoms with Gasteiger partial charge in [0.2, 0.25) is 0 Å². The molecule has 4 heteroatoms. The van der Waals surface area contributed by atoms with Crippen molar-refractivity contribution in [1.29, 1.82) is 0 Å². The van der Waals surface area contributed by atoms with Crippen molar-refractivity contribution in [3.63, 3.8) is 0 Å². The van der Waals surface area contributed by atoms with Crippen LogP contribution in [0.25, 0.3) is 0 Å². The lowest BCUT2D eigenvalue weighted by atomic mass is 10.4. The van der Waals surface area contributed by atoms with Gasteiger partial charge in [-0.1, -0.05) is 6.07 Å². The normalized spacial score (nSPS) is 11.1. The molecule has 0 spiro atoms. The van der Waals surface area contributed by atoms with Crippen LogP contribution in [0.1, 0.15) is 6.42 Å². The molecule has 0 unspecified atom stereocenters. The Morgan fingerprint density at radius 3 is 2.93 bits per heavy atom. The lowest BCUT2D eigenvalue weighted by Gasteiger charge is -2.09. The van der Waals surface area contributed by atoms with E-state index in [9.17, 15) is 0 Å². The maximum absolute atomic E-state index is 3.46. The zero-order chi connectivity index (χ0) is 10.9. The molecule has 0 bridgehead atoms. The van der Waals surface area contributed by atoms with Crippen LogP contribution in [0.5, 0.6) is 0 Å². The summed E-state index contributed by atoms with van der Waals surface area (Å²) in [7, 11) is 4.24. The van der Waals surface area contributed by atoms with Crippen molar-refractivity contribution in [2.75, 3.05) is 39.5 Å². The van der Waals surface area contributed by atoms with Crippen LogP contribution in [-0.4, -0.2) is 44.4 Å². The van der Waals surface area contributed by atoms with Gasteiger partial charge in [-0.25, -0.2) is 0 Å². The van der Waals surface area contributed by atoms with Crippen molar-refractivity contribution in [1.82, 2.24) is 10.2 Å². The largest absolute Gasteiger partial charge is 0.316 e. The fraction of sp³-hybridized carbons (Fsp3) is 0.636. The van der Waals surface area contributed by atoms with Crippen LogP contribution in [0, 0.1) is 0 Å². The summed E-state index contributed by atoms with van der Waals surface area (Å²) in [6.07, 6.45) is 1.23. The van der Waals surface area contributed by atoms with Crippen LogP contribution in [0.4, 0.5) is 0 Å². The topological polar surface area (TPSA) is 15.3 Å². The molecule has 1 aromatic heterocycles. The third-order valence-electron chi connectivity index (χ3n) is 1.98. The predicted molar refractivity (Wildman–Crippen MR) is 71.1 cm³/mol. The van der Waals surface area contributed by atoms with E-state index in [2.05, 4.69) is 41.8 Å². The Hall–Kier alpha value is -0.0300. The van der Waals surface area contributed by atoms with Gasteiger partial charge in [-0.15, -0.1) is 23.1 Å². The number of thioether (sulfide) groups is 1. The highest BCUT2D eigenvalue weighted by Gasteiger charge is 1.94. The minimum absolute atomic E-state index is 1.11. The molecule has 1 N–H and O–H groups in total. The molecule has 0 aliphatic rings. The average molecular weight is 244 g/mol. The lowest BCUT2D eigenvalue weighted by Crippen LogP contribution is -2.22. The minimum atomic E-state index is 1.11. The molecule has 0 fully saturated rings. The lowest BCUT2D eigenvalue weighted by molar-refractivity contribution is 0.396. The second-order valence-corrected chi connectivity index (χ2v) is 6.03. The van der Waals surface area contributed by atoms with Gasteiger partial charge in [-0.05, 0) is 45.1 Å². The molecule has 0 amide bonds. The summed E-state index contributed by atoms with van der Waals surface area (Å²) < 4.78 is 1.42. The first kappa shape index (κ1) is 13.0. The van der Waals surface area contributed by atoms with E-state index >= 15 is 0 Å². The summed E-state index contributed by atoms with van der Waals surface area (Å²) in [6, 6.07) is 4.29. The van der Waals surface area contributed by atoms with Gasteiger partial charge < -0.3 is 10.2 Å². The third-order valence-corrected chi connectivity index (χ3v) is 4.11. The van der Waals surface area contributed by atoms with Gasteiger partial charge in [0.1, 0.15) is 0 Å². The summed E-state index contributed by atoms with van der Waals surface area (Å²) in [4.78, 5) is 2.22. The number of hydrogen-bond donors (Lipinski definition) is 1. The molecule has 1 aromatic rings. The monoisotopic (exact) mass is 244 g/mol. The SMILES string of the molecule is CN(C)CCCNCCSc1cccs1. The van der Waals surface area contributed by atoms with Crippen LogP contribution in [0.2, 0.25) is 0 Å². The molecule has 86 valence electrons. The molecular weight excluding hydrogens is 224 g/mol. The summed E-state index contributed by atoms with van der Waals surface area (Å²) in [6.45, 7) is 3.41. The van der Waals surface area contributed by atoms with Gasteiger partial charge in [-0.2, -0.15) is 0 Å². The number of thiophene rings is 1. The maximum Gasteiger partial charge on any atom is 0.0598 e. The van der Waals surface area contributed by atoms with Crippen molar-refractivity contribution in [3.05, 3.63) is 17.5 Å².